The van der Waals surface area contributed by atoms with Crippen LogP contribution in [0.4, 0.5) is 11.4 Å². The van der Waals surface area contributed by atoms with Crippen molar-refractivity contribution in [1.82, 2.24) is 0 Å². The average molecular weight is 425 g/mol. The number of unbranched alkanes of at least 4 members (excludes halogenated alkanes) is 2. The fourth-order valence-electron chi connectivity index (χ4n) is 4.30. The van der Waals surface area contributed by atoms with Gasteiger partial charge in [0.15, 0.2) is 0 Å². The van der Waals surface area contributed by atoms with Crippen LogP contribution in [0.15, 0.2) is 71.8 Å². The number of nitrogens with zero attached hydrogens (tertiary/aromatic N) is 4. The van der Waals surface area contributed by atoms with Gasteiger partial charge in [-0.05, 0) is 55.6 Å². The number of fused-ring (bicyclic) bond motifs is 3. The average Bonchev–Trinajstić information content (AvgIpc) is 2.79. The number of benzene rings is 3. The summed E-state index contributed by atoms with van der Waals surface area (Å²) in [5, 5.41) is 7.11. The summed E-state index contributed by atoms with van der Waals surface area (Å²) in [6.07, 6.45) is 3.41. The molecule has 0 bridgehead atoms. The van der Waals surface area contributed by atoms with Gasteiger partial charge in [0.25, 0.3) is 0 Å². The van der Waals surface area contributed by atoms with Gasteiger partial charge in [-0.15, -0.1) is 0 Å². The Hall–Kier alpha value is -3.89. The van der Waals surface area contributed by atoms with Crippen molar-refractivity contribution in [2.24, 2.45) is 5.11 Å². The zero-order valence-electron chi connectivity index (χ0n) is 18.2. The second-order valence-electron chi connectivity index (χ2n) is 8.07. The minimum atomic E-state index is 0.230. The van der Waals surface area contributed by atoms with Gasteiger partial charge in [0, 0.05) is 46.1 Å². The monoisotopic (exact) mass is 424 g/mol. The van der Waals surface area contributed by atoms with E-state index in [-0.39, 0.29) is 5.78 Å². The number of aromatic nitrogens is 1. The van der Waals surface area contributed by atoms with Crippen molar-refractivity contribution in [1.29, 1.82) is 0 Å². The molecule has 1 heterocycles. The summed E-state index contributed by atoms with van der Waals surface area (Å²) in [4.78, 5) is 14.3. The van der Waals surface area contributed by atoms with E-state index in [1.807, 2.05) is 48.5 Å². The minimum absolute atomic E-state index is 0.230. The smallest absolute Gasteiger partial charge is 0.220 e. The summed E-state index contributed by atoms with van der Waals surface area (Å²) in [5.74, 6) is 0.230. The number of aryl methyl sites for hydroxylation is 1. The maximum atomic E-state index is 11.3. The van der Waals surface area contributed by atoms with Gasteiger partial charge in [-0.2, -0.15) is 4.57 Å². The minimum Gasteiger partial charge on any atom is -0.399 e. The lowest BCUT2D eigenvalue weighted by molar-refractivity contribution is -0.659. The first kappa shape index (κ1) is 21.3. The van der Waals surface area contributed by atoms with Gasteiger partial charge in [-0.3, -0.25) is 0 Å². The molecule has 6 heteroatoms. The van der Waals surface area contributed by atoms with Gasteiger partial charge in [-0.1, -0.05) is 35.4 Å². The topological polar surface area (TPSA) is 95.7 Å². The lowest BCUT2D eigenvalue weighted by Gasteiger charge is -2.13. The Morgan fingerprint density at radius 1 is 0.969 bits per heavy atom. The van der Waals surface area contributed by atoms with Crippen molar-refractivity contribution >= 4 is 38.8 Å². The predicted octanol–water partition coefficient (Wildman–Crippen LogP) is 6.62. The van der Waals surface area contributed by atoms with Crippen LogP contribution in [0.25, 0.3) is 43.4 Å². The van der Waals surface area contributed by atoms with Crippen LogP contribution >= 0.6 is 0 Å². The van der Waals surface area contributed by atoms with Crippen molar-refractivity contribution < 1.29 is 9.36 Å². The van der Waals surface area contributed by atoms with E-state index in [1.165, 1.54) is 0 Å². The van der Waals surface area contributed by atoms with E-state index >= 15 is 0 Å². The summed E-state index contributed by atoms with van der Waals surface area (Å²) < 4.78 is 2.30. The molecule has 6 nitrogen and oxygen atoms in total. The number of nitrogen functional groups attached to an aromatic ring is 1. The largest absolute Gasteiger partial charge is 0.399 e. The van der Waals surface area contributed by atoms with Crippen molar-refractivity contribution in [2.45, 2.75) is 39.2 Å². The third-order valence-corrected chi connectivity index (χ3v) is 5.75. The van der Waals surface area contributed by atoms with Gasteiger partial charge in [0.2, 0.25) is 11.2 Å². The number of hydrogen-bond acceptors (Lipinski definition) is 3. The number of pyridine rings is 1. The first-order chi connectivity index (χ1) is 15.6. The highest BCUT2D eigenvalue weighted by atomic mass is 16.1. The molecule has 0 saturated heterocycles. The van der Waals surface area contributed by atoms with Gasteiger partial charge in [0.05, 0.1) is 10.8 Å². The zero-order valence-corrected chi connectivity index (χ0v) is 18.2. The number of nitrogens with two attached hydrogens (primary N) is 1. The second-order valence-corrected chi connectivity index (χ2v) is 8.07. The SMILES string of the molecule is CC(=O)CCCCC[n+]1c(-c2ccccc2)c2cc(N)ccc2c2ccc(N=[N+]=[N-])cc21. The van der Waals surface area contributed by atoms with Crippen LogP contribution in [0.3, 0.4) is 0 Å². The Morgan fingerprint density at radius 2 is 1.75 bits per heavy atom. The Bertz CT molecular complexity index is 1340. The lowest BCUT2D eigenvalue weighted by atomic mass is 9.98. The number of rotatable bonds is 8. The number of Topliss-reactive ketones (excluding diaryl/α,β-unsaturated/α-hetero) is 1. The summed E-state index contributed by atoms with van der Waals surface area (Å²) in [6.45, 7) is 2.42. The number of azide groups is 1. The molecule has 0 saturated carbocycles. The van der Waals surface area contributed by atoms with E-state index < -0.39 is 0 Å². The van der Waals surface area contributed by atoms with E-state index in [0.717, 1.165) is 58.7 Å². The van der Waals surface area contributed by atoms with Crippen molar-refractivity contribution in [3.8, 4) is 11.3 Å². The van der Waals surface area contributed by atoms with Gasteiger partial charge in [0.1, 0.15) is 12.3 Å². The first-order valence-corrected chi connectivity index (χ1v) is 10.9. The summed E-state index contributed by atoms with van der Waals surface area (Å²) >= 11 is 0. The van der Waals surface area contributed by atoms with Crippen LogP contribution in [0.5, 0.6) is 0 Å². The fourth-order valence-corrected chi connectivity index (χ4v) is 4.30. The maximum Gasteiger partial charge on any atom is 0.220 e. The van der Waals surface area contributed by atoms with Crippen LogP contribution in [0, 0.1) is 0 Å². The molecule has 0 unspecified atom stereocenters. The van der Waals surface area contributed by atoms with Crippen LogP contribution in [0.1, 0.15) is 32.6 Å². The number of carbonyl (C=O) groups excluding carboxylic acids is 1. The van der Waals surface area contributed by atoms with E-state index in [1.54, 1.807) is 6.92 Å². The molecule has 32 heavy (non-hydrogen) atoms. The van der Waals surface area contributed by atoms with E-state index in [0.29, 0.717) is 17.8 Å². The molecule has 0 aliphatic carbocycles. The molecule has 0 spiro atoms. The Labute approximate surface area is 186 Å². The quantitative estimate of drug-likeness (QED) is 0.0654. The predicted molar refractivity (Wildman–Crippen MR) is 129 cm³/mol. The van der Waals surface area contributed by atoms with Crippen molar-refractivity contribution in [3.63, 3.8) is 0 Å². The normalized spacial score (nSPS) is 10.9. The molecule has 0 amide bonds. The third kappa shape index (κ3) is 4.41. The third-order valence-electron chi connectivity index (χ3n) is 5.75. The lowest BCUT2D eigenvalue weighted by Crippen LogP contribution is -2.37. The highest BCUT2D eigenvalue weighted by Crippen LogP contribution is 2.34. The van der Waals surface area contributed by atoms with Crippen LogP contribution in [-0.4, -0.2) is 5.78 Å². The summed E-state index contributed by atoms with van der Waals surface area (Å²) in [6, 6.07) is 22.1. The molecule has 0 aliphatic rings. The molecule has 2 N–H and O–H groups in total. The molecular weight excluding hydrogens is 398 g/mol. The highest BCUT2D eigenvalue weighted by Gasteiger charge is 2.23. The van der Waals surface area contributed by atoms with Crippen molar-refractivity contribution in [2.75, 3.05) is 5.73 Å². The molecule has 4 aromatic rings. The summed E-state index contributed by atoms with van der Waals surface area (Å²) in [5.41, 5.74) is 19.6. The number of hydrogen-bond donors (Lipinski definition) is 1. The zero-order chi connectivity index (χ0) is 22.5. The van der Waals surface area contributed by atoms with Crippen molar-refractivity contribution in [3.05, 3.63) is 77.2 Å². The number of carbonyl (C=O) groups is 1. The molecule has 0 aliphatic heterocycles. The van der Waals surface area contributed by atoms with Gasteiger partial charge < -0.3 is 10.5 Å². The molecule has 0 atom stereocenters. The van der Waals surface area contributed by atoms with Crippen LogP contribution in [0.2, 0.25) is 0 Å². The molecule has 0 radical (unpaired) electrons. The fraction of sp³-hybridized carbons (Fsp3) is 0.231. The van der Waals surface area contributed by atoms with Gasteiger partial charge >= 0.3 is 0 Å². The summed E-state index contributed by atoms with van der Waals surface area (Å²) in [7, 11) is 0. The molecular formula is C26H26N5O+. The number of anilines is 1. The van der Waals surface area contributed by atoms with Crippen LogP contribution < -0.4 is 10.3 Å². The first-order valence-electron chi connectivity index (χ1n) is 10.9. The highest BCUT2D eigenvalue weighted by molar-refractivity contribution is 6.10. The molecule has 160 valence electrons. The Balaban J connectivity index is 1.96. The van der Waals surface area contributed by atoms with Crippen LogP contribution in [-0.2, 0) is 11.3 Å². The van der Waals surface area contributed by atoms with E-state index in [4.69, 9.17) is 11.3 Å². The van der Waals surface area contributed by atoms with E-state index in [2.05, 4.69) is 32.8 Å². The molecule has 4 rings (SSSR count). The second kappa shape index (κ2) is 9.50. The molecule has 1 aromatic heterocycles. The van der Waals surface area contributed by atoms with E-state index in [9.17, 15) is 4.79 Å². The molecule has 0 fully saturated rings. The number of ketones is 1. The maximum absolute atomic E-state index is 11.3. The Morgan fingerprint density at radius 3 is 2.50 bits per heavy atom. The standard InChI is InChI=1S/C26H26N5O/c1-18(32)8-4-3-7-15-31-25-17-21(29-30-28)12-14-23(25)22-13-11-20(27)16-24(22)26(31)19-9-5-2-6-10-19/h2,5-6,9-14,16-17H,3-4,7-8,15,27H2,1H3/q+1. The Kier molecular flexibility index (Phi) is 6.34. The molecule has 3 aromatic carbocycles. The van der Waals surface area contributed by atoms with Gasteiger partial charge in [-0.25, -0.2) is 0 Å².